The van der Waals surface area contributed by atoms with Crippen molar-refractivity contribution in [2.45, 2.75) is 19.5 Å². The van der Waals surface area contributed by atoms with E-state index < -0.39 is 29.7 Å². The van der Waals surface area contributed by atoms with E-state index in [1.54, 1.807) is 6.92 Å². The van der Waals surface area contributed by atoms with Crippen LogP contribution in [0, 0.1) is 6.92 Å². The molecule has 0 bridgehead atoms. The van der Waals surface area contributed by atoms with E-state index in [4.69, 9.17) is 4.42 Å². The summed E-state index contributed by atoms with van der Waals surface area (Å²) in [4.78, 5) is 23.8. The van der Waals surface area contributed by atoms with Crippen molar-refractivity contribution in [2.24, 2.45) is 0 Å². The lowest BCUT2D eigenvalue weighted by Gasteiger charge is -2.07. The van der Waals surface area contributed by atoms with Crippen molar-refractivity contribution in [3.05, 3.63) is 59.0 Å². The molecular weight excluding hydrogens is 285 g/mol. The SMILES string of the molecule is Cc1occc1C(=O)CC(=O)c1ccc(C(F)(F)F)cc1. The number of rotatable bonds is 4. The molecule has 0 aliphatic carbocycles. The Hall–Kier alpha value is -2.37. The summed E-state index contributed by atoms with van der Waals surface area (Å²) in [6.07, 6.45) is -3.53. The molecule has 0 aliphatic heterocycles. The van der Waals surface area contributed by atoms with Crippen molar-refractivity contribution < 1.29 is 27.2 Å². The summed E-state index contributed by atoms with van der Waals surface area (Å²) < 4.78 is 42.2. The second kappa shape index (κ2) is 5.55. The molecule has 0 atom stereocenters. The number of hydrogen-bond donors (Lipinski definition) is 0. The Balaban J connectivity index is 2.11. The van der Waals surface area contributed by atoms with E-state index in [0.717, 1.165) is 24.3 Å². The predicted octanol–water partition coefficient (Wildman–Crippen LogP) is 4.06. The van der Waals surface area contributed by atoms with Crippen molar-refractivity contribution in [1.82, 2.24) is 0 Å². The third-order valence-electron chi connectivity index (χ3n) is 3.01. The first-order valence-electron chi connectivity index (χ1n) is 6.07. The zero-order valence-electron chi connectivity index (χ0n) is 11.0. The van der Waals surface area contributed by atoms with Crippen LogP contribution in [-0.4, -0.2) is 11.6 Å². The number of hydrogen-bond acceptors (Lipinski definition) is 3. The molecule has 110 valence electrons. The number of Topliss-reactive ketones (excluding diaryl/α,β-unsaturated/α-hetero) is 2. The summed E-state index contributed by atoms with van der Waals surface area (Å²) in [6, 6.07) is 5.24. The van der Waals surface area contributed by atoms with Crippen molar-refractivity contribution in [1.29, 1.82) is 0 Å². The Morgan fingerprint density at radius 2 is 1.67 bits per heavy atom. The largest absolute Gasteiger partial charge is 0.469 e. The van der Waals surface area contributed by atoms with Gasteiger partial charge >= 0.3 is 6.18 Å². The fourth-order valence-electron chi connectivity index (χ4n) is 1.86. The molecule has 6 heteroatoms. The molecule has 2 aromatic rings. The molecule has 0 saturated carbocycles. The van der Waals surface area contributed by atoms with Crippen LogP contribution in [0.4, 0.5) is 13.2 Å². The van der Waals surface area contributed by atoms with E-state index in [0.29, 0.717) is 11.3 Å². The molecule has 1 aromatic carbocycles. The number of furan rings is 1. The molecule has 0 aliphatic rings. The summed E-state index contributed by atoms with van der Waals surface area (Å²) in [5, 5.41) is 0. The maximum absolute atomic E-state index is 12.4. The zero-order chi connectivity index (χ0) is 15.6. The normalized spacial score (nSPS) is 11.4. The van der Waals surface area contributed by atoms with Crippen LogP contribution in [0.2, 0.25) is 0 Å². The van der Waals surface area contributed by atoms with E-state index in [9.17, 15) is 22.8 Å². The molecule has 0 fully saturated rings. The van der Waals surface area contributed by atoms with Crippen LogP contribution >= 0.6 is 0 Å². The summed E-state index contributed by atoms with van der Waals surface area (Å²) in [7, 11) is 0. The fraction of sp³-hybridized carbons (Fsp3) is 0.200. The summed E-state index contributed by atoms with van der Waals surface area (Å²) >= 11 is 0. The highest BCUT2D eigenvalue weighted by atomic mass is 19.4. The monoisotopic (exact) mass is 296 g/mol. The van der Waals surface area contributed by atoms with Gasteiger partial charge in [0.05, 0.1) is 23.8 Å². The molecule has 0 saturated heterocycles. The number of aryl methyl sites for hydroxylation is 1. The lowest BCUT2D eigenvalue weighted by Crippen LogP contribution is -2.10. The molecular formula is C15H11F3O3. The summed E-state index contributed by atoms with van der Waals surface area (Å²) in [5.74, 6) is -0.555. The van der Waals surface area contributed by atoms with Gasteiger partial charge < -0.3 is 4.42 Å². The van der Waals surface area contributed by atoms with Crippen molar-refractivity contribution in [2.75, 3.05) is 0 Å². The second-order valence-corrected chi connectivity index (χ2v) is 4.49. The molecule has 0 radical (unpaired) electrons. The number of alkyl halides is 3. The van der Waals surface area contributed by atoms with Crippen LogP contribution in [0.1, 0.15) is 38.5 Å². The molecule has 0 amide bonds. The van der Waals surface area contributed by atoms with Gasteiger partial charge in [-0.05, 0) is 25.1 Å². The minimum atomic E-state index is -4.45. The standard InChI is InChI=1S/C15H11F3O3/c1-9-12(6-7-21-9)14(20)8-13(19)10-2-4-11(5-3-10)15(16,17)18/h2-7H,8H2,1H3. The molecule has 0 N–H and O–H groups in total. The zero-order valence-corrected chi connectivity index (χ0v) is 11.0. The van der Waals surface area contributed by atoms with E-state index in [1.165, 1.54) is 12.3 Å². The van der Waals surface area contributed by atoms with Crippen LogP contribution < -0.4 is 0 Å². The average molecular weight is 296 g/mol. The van der Waals surface area contributed by atoms with Crippen LogP contribution in [0.25, 0.3) is 0 Å². The number of carbonyl (C=O) groups excluding carboxylic acids is 2. The van der Waals surface area contributed by atoms with Crippen LogP contribution in [-0.2, 0) is 6.18 Å². The minimum absolute atomic E-state index is 0.0671. The number of ketones is 2. The van der Waals surface area contributed by atoms with Gasteiger partial charge in [0.25, 0.3) is 0 Å². The van der Waals surface area contributed by atoms with Gasteiger partial charge in [-0.25, -0.2) is 0 Å². The van der Waals surface area contributed by atoms with Crippen LogP contribution in [0.15, 0.2) is 41.0 Å². The third-order valence-corrected chi connectivity index (χ3v) is 3.01. The lowest BCUT2D eigenvalue weighted by atomic mass is 10.0. The highest BCUT2D eigenvalue weighted by Crippen LogP contribution is 2.29. The number of carbonyl (C=O) groups is 2. The van der Waals surface area contributed by atoms with Crippen molar-refractivity contribution >= 4 is 11.6 Å². The summed E-state index contributed by atoms with van der Waals surface area (Å²) in [5.41, 5.74) is -0.469. The molecule has 2 rings (SSSR count). The Morgan fingerprint density at radius 3 is 2.14 bits per heavy atom. The van der Waals surface area contributed by atoms with Crippen LogP contribution in [0.5, 0.6) is 0 Å². The Morgan fingerprint density at radius 1 is 1.05 bits per heavy atom. The maximum atomic E-state index is 12.4. The van der Waals surface area contributed by atoms with Crippen molar-refractivity contribution in [3.8, 4) is 0 Å². The first-order valence-corrected chi connectivity index (χ1v) is 6.07. The van der Waals surface area contributed by atoms with Gasteiger partial charge in [-0.1, -0.05) is 12.1 Å². The Labute approximate surface area is 118 Å². The predicted molar refractivity (Wildman–Crippen MR) is 68.2 cm³/mol. The summed E-state index contributed by atoms with van der Waals surface area (Å²) in [6.45, 7) is 1.59. The quantitative estimate of drug-likeness (QED) is 0.631. The maximum Gasteiger partial charge on any atom is 0.416 e. The van der Waals surface area contributed by atoms with E-state index >= 15 is 0 Å². The second-order valence-electron chi connectivity index (χ2n) is 4.49. The minimum Gasteiger partial charge on any atom is -0.469 e. The van der Waals surface area contributed by atoms with Gasteiger partial charge in [-0.2, -0.15) is 13.2 Å². The molecule has 0 spiro atoms. The van der Waals surface area contributed by atoms with E-state index in [2.05, 4.69) is 0 Å². The smallest absolute Gasteiger partial charge is 0.416 e. The number of halogens is 3. The van der Waals surface area contributed by atoms with Crippen LogP contribution in [0.3, 0.4) is 0 Å². The van der Waals surface area contributed by atoms with E-state index in [1.807, 2.05) is 0 Å². The van der Waals surface area contributed by atoms with Gasteiger partial charge in [0.2, 0.25) is 0 Å². The van der Waals surface area contributed by atoms with Gasteiger partial charge in [0, 0.05) is 5.56 Å². The first kappa shape index (κ1) is 15.0. The molecule has 1 heterocycles. The fourth-order valence-corrected chi connectivity index (χ4v) is 1.86. The topological polar surface area (TPSA) is 47.3 Å². The van der Waals surface area contributed by atoms with Gasteiger partial charge in [0.1, 0.15) is 5.76 Å². The molecule has 1 aromatic heterocycles. The lowest BCUT2D eigenvalue weighted by molar-refractivity contribution is -0.137. The van der Waals surface area contributed by atoms with Gasteiger partial charge in [0.15, 0.2) is 11.6 Å². The van der Waals surface area contributed by atoms with Gasteiger partial charge in [-0.3, -0.25) is 9.59 Å². The average Bonchev–Trinajstić information content (AvgIpc) is 2.84. The Kier molecular flexibility index (Phi) is 3.97. The first-order chi connectivity index (χ1) is 9.79. The molecule has 3 nitrogen and oxygen atoms in total. The van der Waals surface area contributed by atoms with E-state index in [-0.39, 0.29) is 5.56 Å². The third kappa shape index (κ3) is 3.39. The Bertz CT molecular complexity index is 666. The number of benzene rings is 1. The highest BCUT2D eigenvalue weighted by molar-refractivity contribution is 6.13. The highest BCUT2D eigenvalue weighted by Gasteiger charge is 2.30. The van der Waals surface area contributed by atoms with Gasteiger partial charge in [-0.15, -0.1) is 0 Å². The van der Waals surface area contributed by atoms with Crippen molar-refractivity contribution in [3.63, 3.8) is 0 Å². The molecule has 0 unspecified atom stereocenters. The molecule has 21 heavy (non-hydrogen) atoms.